The van der Waals surface area contributed by atoms with E-state index in [2.05, 4.69) is 14.9 Å². The first-order chi connectivity index (χ1) is 15.6. The lowest BCUT2D eigenvalue weighted by Crippen LogP contribution is -2.45. The standard InChI is InChI=1S/C20H19FN4O7S/c1-12(2)18(24-33(29,30)16-6-4-3-5-15(16)21)20(26)31-11-17-22-23-19(32-17)13-7-9-14(10-8-13)25(27)28/h3-10,12,18,24H,11H2,1-2H3. The summed E-state index contributed by atoms with van der Waals surface area (Å²) < 4.78 is 51.7. The summed E-state index contributed by atoms with van der Waals surface area (Å²) in [5.41, 5.74) is 0.313. The second-order valence-electron chi connectivity index (χ2n) is 7.19. The number of nitro groups is 1. The highest BCUT2D eigenvalue weighted by Crippen LogP contribution is 2.22. The molecule has 3 rings (SSSR count). The zero-order valence-corrected chi connectivity index (χ0v) is 18.3. The molecule has 1 atom stereocenters. The molecule has 1 N–H and O–H groups in total. The molecule has 0 radical (unpaired) electrons. The van der Waals surface area contributed by atoms with Crippen molar-refractivity contribution in [2.24, 2.45) is 5.92 Å². The number of non-ortho nitro benzene ring substituents is 1. The average Bonchev–Trinajstić information content (AvgIpc) is 3.25. The third kappa shape index (κ3) is 5.75. The van der Waals surface area contributed by atoms with Gasteiger partial charge in [-0.3, -0.25) is 14.9 Å². The summed E-state index contributed by atoms with van der Waals surface area (Å²) in [5.74, 6) is -2.41. The van der Waals surface area contributed by atoms with Gasteiger partial charge in [0.25, 0.3) is 11.6 Å². The van der Waals surface area contributed by atoms with Crippen LogP contribution in [-0.4, -0.2) is 35.5 Å². The van der Waals surface area contributed by atoms with E-state index in [0.717, 1.165) is 12.1 Å². The van der Waals surface area contributed by atoms with Gasteiger partial charge in [0.05, 0.1) is 4.92 Å². The van der Waals surface area contributed by atoms with Crippen LogP contribution in [-0.2, 0) is 26.2 Å². The molecule has 0 aliphatic carbocycles. The highest BCUT2D eigenvalue weighted by atomic mass is 32.2. The van der Waals surface area contributed by atoms with E-state index in [0.29, 0.717) is 5.56 Å². The van der Waals surface area contributed by atoms with Crippen LogP contribution in [0.2, 0.25) is 0 Å². The zero-order valence-electron chi connectivity index (χ0n) is 17.5. The monoisotopic (exact) mass is 478 g/mol. The van der Waals surface area contributed by atoms with Gasteiger partial charge in [-0.15, -0.1) is 10.2 Å². The van der Waals surface area contributed by atoms with Crippen LogP contribution in [0.15, 0.2) is 57.8 Å². The van der Waals surface area contributed by atoms with Gasteiger partial charge in [0.15, 0.2) is 6.61 Å². The second-order valence-corrected chi connectivity index (χ2v) is 8.87. The Balaban J connectivity index is 1.67. The lowest BCUT2D eigenvalue weighted by Gasteiger charge is -2.20. The van der Waals surface area contributed by atoms with Crippen molar-refractivity contribution in [1.82, 2.24) is 14.9 Å². The Hall–Kier alpha value is -3.71. The van der Waals surface area contributed by atoms with Gasteiger partial charge in [0, 0.05) is 17.7 Å². The minimum atomic E-state index is -4.33. The Morgan fingerprint density at radius 3 is 2.45 bits per heavy atom. The molecule has 0 aliphatic rings. The summed E-state index contributed by atoms with van der Waals surface area (Å²) in [6, 6.07) is 8.88. The van der Waals surface area contributed by atoms with E-state index >= 15 is 0 Å². The molecule has 0 fully saturated rings. The fourth-order valence-corrected chi connectivity index (χ4v) is 4.14. The molecule has 174 valence electrons. The van der Waals surface area contributed by atoms with Crippen molar-refractivity contribution in [2.45, 2.75) is 31.4 Å². The number of ether oxygens (including phenoxy) is 1. The quantitative estimate of drug-likeness (QED) is 0.278. The molecule has 0 spiro atoms. The maximum Gasteiger partial charge on any atom is 0.324 e. The first kappa shape index (κ1) is 23.9. The molecule has 1 unspecified atom stereocenters. The molecular weight excluding hydrogens is 459 g/mol. The SMILES string of the molecule is CC(C)C(NS(=O)(=O)c1ccccc1F)C(=O)OCc1nnc(-c2ccc([N+](=O)[O-])cc2)o1. The Morgan fingerprint density at radius 2 is 1.85 bits per heavy atom. The lowest BCUT2D eigenvalue weighted by molar-refractivity contribution is -0.384. The number of nitrogens with zero attached hydrogens (tertiary/aromatic N) is 3. The Morgan fingerprint density at radius 1 is 1.18 bits per heavy atom. The van der Waals surface area contributed by atoms with Gasteiger partial charge in [-0.2, -0.15) is 4.72 Å². The summed E-state index contributed by atoms with van der Waals surface area (Å²) >= 11 is 0. The average molecular weight is 478 g/mol. The number of nitro benzene ring substituents is 1. The largest absolute Gasteiger partial charge is 0.454 e. The molecule has 2 aromatic carbocycles. The molecule has 1 aromatic heterocycles. The lowest BCUT2D eigenvalue weighted by atomic mass is 10.1. The van der Waals surface area contributed by atoms with E-state index in [1.54, 1.807) is 13.8 Å². The molecule has 0 bridgehead atoms. The van der Waals surface area contributed by atoms with Crippen molar-refractivity contribution in [3.63, 3.8) is 0 Å². The van der Waals surface area contributed by atoms with Crippen molar-refractivity contribution in [3.05, 3.63) is 70.4 Å². The van der Waals surface area contributed by atoms with Crippen LogP contribution in [0.25, 0.3) is 11.5 Å². The normalized spacial score (nSPS) is 12.5. The first-order valence-electron chi connectivity index (χ1n) is 9.59. The number of nitrogens with one attached hydrogen (secondary N) is 1. The minimum absolute atomic E-state index is 0.0524. The van der Waals surface area contributed by atoms with E-state index in [4.69, 9.17) is 9.15 Å². The summed E-state index contributed by atoms with van der Waals surface area (Å²) in [6.45, 7) is 2.74. The molecule has 13 heteroatoms. The predicted octanol–water partition coefficient (Wildman–Crippen LogP) is 2.83. The van der Waals surface area contributed by atoms with Gasteiger partial charge >= 0.3 is 5.97 Å². The smallest absolute Gasteiger partial charge is 0.324 e. The summed E-state index contributed by atoms with van der Waals surface area (Å²) in [4.78, 5) is 22.1. The van der Waals surface area contributed by atoms with Crippen LogP contribution >= 0.6 is 0 Å². The third-order valence-corrected chi connectivity index (χ3v) is 5.93. The van der Waals surface area contributed by atoms with Crippen LogP contribution < -0.4 is 4.72 Å². The van der Waals surface area contributed by atoms with E-state index in [1.807, 2.05) is 0 Å². The molecule has 0 saturated carbocycles. The van der Waals surface area contributed by atoms with Crippen LogP contribution in [0.4, 0.5) is 10.1 Å². The van der Waals surface area contributed by atoms with E-state index in [9.17, 15) is 27.7 Å². The Labute approximate surface area is 187 Å². The maximum atomic E-state index is 13.9. The van der Waals surface area contributed by atoms with Crippen LogP contribution in [0, 0.1) is 21.8 Å². The number of rotatable bonds is 9. The van der Waals surface area contributed by atoms with Crippen molar-refractivity contribution >= 4 is 21.7 Å². The molecule has 33 heavy (non-hydrogen) atoms. The minimum Gasteiger partial charge on any atom is -0.454 e. The molecular formula is C20H19FN4O7S. The van der Waals surface area contributed by atoms with Crippen molar-refractivity contribution in [1.29, 1.82) is 0 Å². The van der Waals surface area contributed by atoms with Crippen LogP contribution in [0.3, 0.4) is 0 Å². The zero-order chi connectivity index (χ0) is 24.2. The predicted molar refractivity (Wildman–Crippen MR) is 112 cm³/mol. The number of aromatic nitrogens is 2. The second kappa shape index (κ2) is 9.83. The van der Waals surface area contributed by atoms with Crippen molar-refractivity contribution in [2.75, 3.05) is 0 Å². The van der Waals surface area contributed by atoms with Gasteiger partial charge in [0.2, 0.25) is 15.9 Å². The third-order valence-electron chi connectivity index (χ3n) is 4.46. The molecule has 0 saturated heterocycles. The molecule has 1 heterocycles. The number of benzene rings is 2. The van der Waals surface area contributed by atoms with Crippen molar-refractivity contribution < 1.29 is 31.7 Å². The summed E-state index contributed by atoms with van der Waals surface area (Å²) in [5, 5.41) is 18.3. The highest BCUT2D eigenvalue weighted by Gasteiger charge is 2.31. The topological polar surface area (TPSA) is 155 Å². The number of carbonyl (C=O) groups is 1. The Bertz CT molecular complexity index is 1260. The fraction of sp³-hybridized carbons (Fsp3) is 0.250. The van der Waals surface area contributed by atoms with E-state index in [1.165, 1.54) is 36.4 Å². The Kier molecular flexibility index (Phi) is 7.13. The maximum absolute atomic E-state index is 13.9. The van der Waals surface area contributed by atoms with Gasteiger partial charge in [-0.05, 0) is 30.2 Å². The number of halogens is 1. The number of sulfonamides is 1. The summed E-state index contributed by atoms with van der Waals surface area (Å²) in [6.07, 6.45) is 0. The fourth-order valence-electron chi connectivity index (χ4n) is 2.73. The first-order valence-corrected chi connectivity index (χ1v) is 11.1. The van der Waals surface area contributed by atoms with Gasteiger partial charge in [-0.1, -0.05) is 26.0 Å². The number of hydrogen-bond donors (Lipinski definition) is 1. The molecule has 11 nitrogen and oxygen atoms in total. The molecule has 3 aromatic rings. The van der Waals surface area contributed by atoms with Crippen LogP contribution in [0.5, 0.6) is 0 Å². The van der Waals surface area contributed by atoms with E-state index < -0.39 is 50.2 Å². The summed E-state index contributed by atoms with van der Waals surface area (Å²) in [7, 11) is -4.33. The van der Waals surface area contributed by atoms with Gasteiger partial charge in [-0.25, -0.2) is 12.8 Å². The molecule has 0 aliphatic heterocycles. The number of esters is 1. The molecule has 0 amide bonds. The number of hydrogen-bond acceptors (Lipinski definition) is 9. The van der Waals surface area contributed by atoms with E-state index in [-0.39, 0.29) is 17.5 Å². The van der Waals surface area contributed by atoms with Crippen molar-refractivity contribution in [3.8, 4) is 11.5 Å². The van der Waals surface area contributed by atoms with Gasteiger partial charge in [0.1, 0.15) is 16.8 Å². The number of carbonyl (C=O) groups excluding carboxylic acids is 1. The highest BCUT2D eigenvalue weighted by molar-refractivity contribution is 7.89. The van der Waals surface area contributed by atoms with Crippen LogP contribution in [0.1, 0.15) is 19.7 Å². The van der Waals surface area contributed by atoms with Gasteiger partial charge < -0.3 is 9.15 Å².